The number of carbonyl (C=O) groups excluding carboxylic acids is 1. The van der Waals surface area contributed by atoms with Gasteiger partial charge in [0.1, 0.15) is 16.6 Å². The highest BCUT2D eigenvalue weighted by molar-refractivity contribution is 7.09. The second-order valence-electron chi connectivity index (χ2n) is 5.82. The highest BCUT2D eigenvalue weighted by Crippen LogP contribution is 2.25. The van der Waals surface area contributed by atoms with E-state index in [9.17, 15) is 9.18 Å². The van der Waals surface area contributed by atoms with E-state index >= 15 is 0 Å². The zero-order chi connectivity index (χ0) is 15.6. The standard InChI is InChI=1S/C16H18FNO2S/c1-16(2,3)14-9-21-15(18-14)8-13(19)11-6-5-10(20-4)7-12(11)17/h5-7,9H,8H2,1-4H3. The number of aromatic nitrogens is 1. The largest absolute Gasteiger partial charge is 0.497 e. The number of ether oxygens (including phenoxy) is 1. The summed E-state index contributed by atoms with van der Waals surface area (Å²) in [6, 6.07) is 4.25. The lowest BCUT2D eigenvalue weighted by Gasteiger charge is -2.14. The predicted molar refractivity (Wildman–Crippen MR) is 81.8 cm³/mol. The van der Waals surface area contributed by atoms with Crippen LogP contribution in [-0.4, -0.2) is 17.9 Å². The molecule has 0 saturated heterocycles. The lowest BCUT2D eigenvalue weighted by atomic mass is 9.93. The lowest BCUT2D eigenvalue weighted by Crippen LogP contribution is -2.12. The van der Waals surface area contributed by atoms with Crippen LogP contribution in [0.1, 0.15) is 41.8 Å². The Balaban J connectivity index is 2.16. The van der Waals surface area contributed by atoms with Crippen molar-refractivity contribution in [2.45, 2.75) is 32.6 Å². The quantitative estimate of drug-likeness (QED) is 0.801. The molecule has 112 valence electrons. The molecular weight excluding hydrogens is 289 g/mol. The molecule has 0 spiro atoms. The topological polar surface area (TPSA) is 39.2 Å². The molecule has 0 fully saturated rings. The van der Waals surface area contributed by atoms with Crippen LogP contribution in [0.5, 0.6) is 5.75 Å². The van der Waals surface area contributed by atoms with Gasteiger partial charge in [-0.2, -0.15) is 0 Å². The van der Waals surface area contributed by atoms with Crippen LogP contribution in [0.25, 0.3) is 0 Å². The third-order valence-corrected chi connectivity index (χ3v) is 3.96. The molecule has 0 unspecified atom stereocenters. The van der Waals surface area contributed by atoms with E-state index in [4.69, 9.17) is 4.74 Å². The van der Waals surface area contributed by atoms with E-state index in [1.165, 1.54) is 30.6 Å². The van der Waals surface area contributed by atoms with Gasteiger partial charge in [0.05, 0.1) is 24.8 Å². The first kappa shape index (κ1) is 15.6. The number of hydrogen-bond donors (Lipinski definition) is 0. The highest BCUT2D eigenvalue weighted by atomic mass is 32.1. The zero-order valence-corrected chi connectivity index (χ0v) is 13.4. The number of carbonyl (C=O) groups is 1. The minimum atomic E-state index is -0.563. The first-order valence-corrected chi connectivity index (χ1v) is 7.51. The smallest absolute Gasteiger partial charge is 0.172 e. The van der Waals surface area contributed by atoms with Gasteiger partial charge in [-0.05, 0) is 12.1 Å². The van der Waals surface area contributed by atoms with Crippen LogP contribution in [0.3, 0.4) is 0 Å². The maximum absolute atomic E-state index is 13.9. The number of thiazole rings is 1. The van der Waals surface area contributed by atoms with E-state index in [-0.39, 0.29) is 23.2 Å². The van der Waals surface area contributed by atoms with Crippen molar-refractivity contribution in [2.24, 2.45) is 0 Å². The predicted octanol–water partition coefficient (Wildman–Crippen LogP) is 4.01. The Labute approximate surface area is 127 Å². The molecule has 3 nitrogen and oxygen atoms in total. The lowest BCUT2D eigenvalue weighted by molar-refractivity contribution is 0.0989. The Morgan fingerprint density at radius 2 is 2.10 bits per heavy atom. The van der Waals surface area contributed by atoms with Crippen LogP contribution in [0.4, 0.5) is 4.39 Å². The van der Waals surface area contributed by atoms with Crippen molar-refractivity contribution >= 4 is 17.1 Å². The fourth-order valence-corrected chi connectivity index (χ4v) is 2.84. The Morgan fingerprint density at radius 3 is 2.62 bits per heavy atom. The second kappa shape index (κ2) is 5.93. The molecular formula is C16H18FNO2S. The Kier molecular flexibility index (Phi) is 4.42. The van der Waals surface area contributed by atoms with Crippen molar-refractivity contribution in [1.82, 2.24) is 4.98 Å². The van der Waals surface area contributed by atoms with Crippen molar-refractivity contribution < 1.29 is 13.9 Å². The Hall–Kier alpha value is -1.75. The van der Waals surface area contributed by atoms with Gasteiger partial charge in [-0.3, -0.25) is 4.79 Å². The SMILES string of the molecule is COc1ccc(C(=O)Cc2nc(C(C)(C)C)cs2)c(F)c1. The third-order valence-electron chi connectivity index (χ3n) is 3.11. The molecule has 0 bridgehead atoms. The molecule has 0 aliphatic heterocycles. The van der Waals surface area contributed by atoms with Crippen LogP contribution in [0.15, 0.2) is 23.6 Å². The number of Topliss-reactive ketones (excluding diaryl/α,β-unsaturated/α-hetero) is 1. The van der Waals surface area contributed by atoms with Gasteiger partial charge in [0, 0.05) is 16.9 Å². The van der Waals surface area contributed by atoms with Gasteiger partial charge in [0.15, 0.2) is 5.78 Å². The average Bonchev–Trinajstić information content (AvgIpc) is 2.86. The zero-order valence-electron chi connectivity index (χ0n) is 12.6. The molecule has 21 heavy (non-hydrogen) atoms. The summed E-state index contributed by atoms with van der Waals surface area (Å²) in [6.07, 6.45) is 0.115. The van der Waals surface area contributed by atoms with Gasteiger partial charge in [-0.25, -0.2) is 9.37 Å². The molecule has 2 rings (SSSR count). The number of rotatable bonds is 4. The summed E-state index contributed by atoms with van der Waals surface area (Å²) in [6.45, 7) is 6.20. The molecule has 1 heterocycles. The van der Waals surface area contributed by atoms with Crippen molar-refractivity contribution in [1.29, 1.82) is 0 Å². The van der Waals surface area contributed by atoms with E-state index in [2.05, 4.69) is 25.8 Å². The summed E-state index contributed by atoms with van der Waals surface area (Å²) < 4.78 is 18.8. The minimum absolute atomic E-state index is 0.0524. The van der Waals surface area contributed by atoms with E-state index < -0.39 is 5.82 Å². The minimum Gasteiger partial charge on any atom is -0.497 e. The number of hydrogen-bond acceptors (Lipinski definition) is 4. The molecule has 5 heteroatoms. The fraction of sp³-hybridized carbons (Fsp3) is 0.375. The van der Waals surface area contributed by atoms with Crippen LogP contribution < -0.4 is 4.74 Å². The monoisotopic (exact) mass is 307 g/mol. The number of halogens is 1. The average molecular weight is 307 g/mol. The first-order valence-electron chi connectivity index (χ1n) is 6.63. The summed E-state index contributed by atoms with van der Waals surface area (Å²) >= 11 is 1.43. The summed E-state index contributed by atoms with van der Waals surface area (Å²) in [4.78, 5) is 16.6. The Morgan fingerprint density at radius 1 is 1.38 bits per heavy atom. The van der Waals surface area contributed by atoms with Crippen molar-refractivity contribution in [3.63, 3.8) is 0 Å². The normalized spacial score (nSPS) is 11.5. The van der Waals surface area contributed by atoms with Crippen LogP contribution in [-0.2, 0) is 11.8 Å². The number of nitrogens with zero attached hydrogens (tertiary/aromatic N) is 1. The molecule has 1 aromatic heterocycles. The van der Waals surface area contributed by atoms with Gasteiger partial charge in [-0.15, -0.1) is 11.3 Å². The van der Waals surface area contributed by atoms with E-state index in [0.717, 1.165) is 5.69 Å². The summed E-state index contributed by atoms with van der Waals surface area (Å²) in [7, 11) is 1.46. The van der Waals surface area contributed by atoms with E-state index in [1.54, 1.807) is 6.07 Å². The number of ketones is 1. The molecule has 0 atom stereocenters. The van der Waals surface area contributed by atoms with Crippen LogP contribution in [0.2, 0.25) is 0 Å². The van der Waals surface area contributed by atoms with Crippen molar-refractivity contribution in [3.8, 4) is 5.75 Å². The molecule has 2 aromatic rings. The summed E-state index contributed by atoms with van der Waals surface area (Å²) in [5.41, 5.74) is 0.970. The fourth-order valence-electron chi connectivity index (χ4n) is 1.82. The summed E-state index contributed by atoms with van der Waals surface area (Å²) in [5.74, 6) is -0.440. The third kappa shape index (κ3) is 3.67. The molecule has 0 radical (unpaired) electrons. The molecule has 0 aliphatic carbocycles. The maximum atomic E-state index is 13.9. The summed E-state index contributed by atoms with van der Waals surface area (Å²) in [5, 5.41) is 2.66. The molecule has 1 aromatic carbocycles. The van der Waals surface area contributed by atoms with Gasteiger partial charge in [0.25, 0.3) is 0 Å². The number of benzene rings is 1. The van der Waals surface area contributed by atoms with Gasteiger partial charge < -0.3 is 4.74 Å². The molecule has 0 amide bonds. The first-order chi connectivity index (χ1) is 9.81. The van der Waals surface area contributed by atoms with Crippen molar-refractivity contribution in [3.05, 3.63) is 45.7 Å². The van der Waals surface area contributed by atoms with Gasteiger partial charge in [0.2, 0.25) is 0 Å². The van der Waals surface area contributed by atoms with Crippen LogP contribution in [0, 0.1) is 5.82 Å². The van der Waals surface area contributed by atoms with Crippen molar-refractivity contribution in [2.75, 3.05) is 7.11 Å². The highest BCUT2D eigenvalue weighted by Gasteiger charge is 2.19. The molecule has 0 saturated carbocycles. The molecule has 0 aliphatic rings. The second-order valence-corrected chi connectivity index (χ2v) is 6.76. The number of methoxy groups -OCH3 is 1. The van der Waals surface area contributed by atoms with E-state index in [1.807, 2.05) is 5.38 Å². The van der Waals surface area contributed by atoms with Crippen LogP contribution >= 0.6 is 11.3 Å². The van der Waals surface area contributed by atoms with Gasteiger partial charge in [-0.1, -0.05) is 20.8 Å². The van der Waals surface area contributed by atoms with E-state index in [0.29, 0.717) is 10.8 Å². The Bertz CT molecular complexity index is 659. The molecule has 0 N–H and O–H groups in total. The maximum Gasteiger partial charge on any atom is 0.172 e. The van der Waals surface area contributed by atoms with Gasteiger partial charge >= 0.3 is 0 Å².